The highest BCUT2D eigenvalue weighted by atomic mass is 16.4. The van der Waals surface area contributed by atoms with Gasteiger partial charge in [-0.3, -0.25) is 4.79 Å². The number of amides is 1. The highest BCUT2D eigenvalue weighted by molar-refractivity contribution is 6.01. The fraction of sp³-hybridized carbons (Fsp3) is 0.818. The van der Waals surface area contributed by atoms with Gasteiger partial charge in [-0.05, 0) is 39.9 Å². The van der Waals surface area contributed by atoms with Crippen molar-refractivity contribution in [2.45, 2.75) is 25.8 Å². The molecule has 0 spiro atoms. The van der Waals surface area contributed by atoms with Crippen LogP contribution in [0.25, 0.3) is 0 Å². The molecule has 0 aromatic heterocycles. The molecule has 3 N–H and O–H groups in total. The average Bonchev–Trinajstić information content (AvgIpc) is 2.36. The quantitative estimate of drug-likeness (QED) is 0.314. The Kier molecular flexibility index (Phi) is 4.74. The Morgan fingerprint density at radius 2 is 2.06 bits per heavy atom. The summed E-state index contributed by atoms with van der Waals surface area (Å²) in [6.07, 6.45) is 1.95. The lowest BCUT2D eigenvalue weighted by atomic mass is 10.0. The van der Waals surface area contributed by atoms with Gasteiger partial charge >= 0.3 is 0 Å². The van der Waals surface area contributed by atoms with Crippen LogP contribution in [0.4, 0.5) is 0 Å². The molecule has 1 aliphatic heterocycles. The molecule has 0 aliphatic carbocycles. The van der Waals surface area contributed by atoms with Gasteiger partial charge in [-0.2, -0.15) is 0 Å². The van der Waals surface area contributed by atoms with Crippen molar-refractivity contribution < 1.29 is 10.0 Å². The number of amidine groups is 1. The number of carbonyl (C=O) groups excluding carboxylic acids is 1. The highest BCUT2D eigenvalue weighted by Crippen LogP contribution is 2.16. The lowest BCUT2D eigenvalue weighted by Crippen LogP contribution is -2.48. The zero-order chi connectivity index (χ0) is 13.0. The van der Waals surface area contributed by atoms with Crippen molar-refractivity contribution in [3.63, 3.8) is 0 Å². The van der Waals surface area contributed by atoms with E-state index in [2.05, 4.69) is 17.1 Å². The van der Waals surface area contributed by atoms with E-state index >= 15 is 0 Å². The van der Waals surface area contributed by atoms with Crippen molar-refractivity contribution in [1.82, 2.24) is 9.80 Å². The first-order valence-corrected chi connectivity index (χ1v) is 5.90. The van der Waals surface area contributed by atoms with E-state index in [1.54, 1.807) is 18.9 Å². The third kappa shape index (κ3) is 3.33. The summed E-state index contributed by atoms with van der Waals surface area (Å²) in [4.78, 5) is 16.0. The summed E-state index contributed by atoms with van der Waals surface area (Å²) in [5.41, 5.74) is 5.45. The second-order valence-corrected chi connectivity index (χ2v) is 4.73. The number of rotatable bonds is 3. The molecule has 1 amide bonds. The third-order valence-electron chi connectivity index (χ3n) is 3.51. The van der Waals surface area contributed by atoms with Crippen molar-refractivity contribution in [2.24, 2.45) is 16.8 Å². The van der Waals surface area contributed by atoms with Crippen molar-refractivity contribution >= 4 is 11.7 Å². The Hall–Kier alpha value is -1.30. The predicted molar refractivity (Wildman–Crippen MR) is 65.9 cm³/mol. The van der Waals surface area contributed by atoms with E-state index in [1.165, 1.54) is 0 Å². The van der Waals surface area contributed by atoms with Crippen LogP contribution < -0.4 is 5.73 Å². The van der Waals surface area contributed by atoms with Crippen molar-refractivity contribution in [3.8, 4) is 0 Å². The van der Waals surface area contributed by atoms with Crippen LogP contribution in [-0.4, -0.2) is 60.0 Å². The SMILES string of the molecule is CC(C(=O)N(C)C1CCN(C)CC1)C(N)=NO. The molecule has 0 saturated carbocycles. The minimum atomic E-state index is -0.565. The number of oxime groups is 1. The summed E-state index contributed by atoms with van der Waals surface area (Å²) < 4.78 is 0. The Morgan fingerprint density at radius 3 is 2.53 bits per heavy atom. The number of nitrogens with two attached hydrogens (primary N) is 1. The monoisotopic (exact) mass is 242 g/mol. The highest BCUT2D eigenvalue weighted by Gasteiger charge is 2.28. The topological polar surface area (TPSA) is 82.2 Å². The maximum atomic E-state index is 12.1. The largest absolute Gasteiger partial charge is 0.409 e. The van der Waals surface area contributed by atoms with Gasteiger partial charge in [0.15, 0.2) is 5.84 Å². The third-order valence-corrected chi connectivity index (χ3v) is 3.51. The molecule has 98 valence electrons. The van der Waals surface area contributed by atoms with E-state index in [4.69, 9.17) is 10.9 Å². The number of nitrogens with zero attached hydrogens (tertiary/aromatic N) is 3. The fourth-order valence-electron chi connectivity index (χ4n) is 2.08. The summed E-state index contributed by atoms with van der Waals surface area (Å²) in [6, 6.07) is 0.257. The van der Waals surface area contributed by atoms with Crippen LogP contribution in [0.5, 0.6) is 0 Å². The second kappa shape index (κ2) is 5.86. The molecule has 1 heterocycles. The average molecular weight is 242 g/mol. The molecule has 6 nitrogen and oxygen atoms in total. The van der Waals surface area contributed by atoms with Gasteiger partial charge in [-0.1, -0.05) is 5.16 Å². The van der Waals surface area contributed by atoms with Gasteiger partial charge in [0, 0.05) is 13.1 Å². The lowest BCUT2D eigenvalue weighted by Gasteiger charge is -2.36. The van der Waals surface area contributed by atoms with E-state index in [-0.39, 0.29) is 17.8 Å². The molecule has 1 unspecified atom stereocenters. The van der Waals surface area contributed by atoms with Gasteiger partial charge in [0.25, 0.3) is 0 Å². The summed E-state index contributed by atoms with van der Waals surface area (Å²) in [5, 5.41) is 11.5. The van der Waals surface area contributed by atoms with Crippen molar-refractivity contribution in [3.05, 3.63) is 0 Å². The van der Waals surface area contributed by atoms with Crippen LogP contribution in [-0.2, 0) is 4.79 Å². The summed E-state index contributed by atoms with van der Waals surface area (Å²) in [7, 11) is 3.87. The Balaban J connectivity index is 2.57. The number of hydrogen-bond acceptors (Lipinski definition) is 4. The summed E-state index contributed by atoms with van der Waals surface area (Å²) >= 11 is 0. The number of likely N-dealkylation sites (tertiary alicyclic amines) is 1. The first kappa shape index (κ1) is 13.8. The smallest absolute Gasteiger partial charge is 0.233 e. The minimum absolute atomic E-state index is 0.0326. The molecule has 1 saturated heterocycles. The summed E-state index contributed by atoms with van der Waals surface area (Å²) in [6.45, 7) is 3.66. The number of carbonyl (C=O) groups is 1. The molecule has 1 aliphatic rings. The van der Waals surface area contributed by atoms with Gasteiger partial charge in [-0.25, -0.2) is 0 Å². The minimum Gasteiger partial charge on any atom is -0.409 e. The molecule has 0 radical (unpaired) electrons. The van der Waals surface area contributed by atoms with E-state index in [9.17, 15) is 4.79 Å². The van der Waals surface area contributed by atoms with Crippen molar-refractivity contribution in [1.29, 1.82) is 0 Å². The van der Waals surface area contributed by atoms with Crippen LogP contribution in [0.1, 0.15) is 19.8 Å². The zero-order valence-electron chi connectivity index (χ0n) is 10.8. The Morgan fingerprint density at radius 1 is 1.53 bits per heavy atom. The van der Waals surface area contributed by atoms with Crippen LogP contribution in [0.2, 0.25) is 0 Å². The van der Waals surface area contributed by atoms with E-state index in [0.717, 1.165) is 25.9 Å². The molecule has 1 atom stereocenters. The van der Waals surface area contributed by atoms with E-state index in [0.29, 0.717) is 0 Å². The summed E-state index contributed by atoms with van der Waals surface area (Å²) in [5.74, 6) is -0.686. The molecule has 0 aromatic carbocycles. The Bertz CT molecular complexity index is 298. The number of hydrogen-bond donors (Lipinski definition) is 2. The molecule has 0 aromatic rings. The molecule has 1 fully saturated rings. The van der Waals surface area contributed by atoms with Crippen molar-refractivity contribution in [2.75, 3.05) is 27.2 Å². The van der Waals surface area contributed by atoms with Gasteiger partial charge in [0.1, 0.15) is 0 Å². The zero-order valence-corrected chi connectivity index (χ0v) is 10.8. The fourth-order valence-corrected chi connectivity index (χ4v) is 2.08. The molecule has 1 rings (SSSR count). The predicted octanol–water partition coefficient (Wildman–Crippen LogP) is -0.0785. The van der Waals surface area contributed by atoms with Gasteiger partial charge < -0.3 is 20.7 Å². The Labute approximate surface area is 102 Å². The van der Waals surface area contributed by atoms with Crippen LogP contribution in [0.15, 0.2) is 5.16 Å². The number of piperidine rings is 1. The maximum absolute atomic E-state index is 12.1. The first-order valence-electron chi connectivity index (χ1n) is 5.90. The molecule has 0 bridgehead atoms. The van der Waals surface area contributed by atoms with Gasteiger partial charge in [0.2, 0.25) is 5.91 Å². The van der Waals surface area contributed by atoms with Gasteiger partial charge in [0.05, 0.1) is 5.92 Å². The normalized spacial score (nSPS) is 21.2. The van der Waals surface area contributed by atoms with E-state index in [1.807, 2.05) is 0 Å². The molecular weight excluding hydrogens is 220 g/mol. The van der Waals surface area contributed by atoms with E-state index < -0.39 is 5.92 Å². The molecule has 17 heavy (non-hydrogen) atoms. The maximum Gasteiger partial charge on any atom is 0.233 e. The van der Waals surface area contributed by atoms with Crippen LogP contribution in [0.3, 0.4) is 0 Å². The lowest BCUT2D eigenvalue weighted by molar-refractivity contribution is -0.134. The standard InChI is InChI=1S/C11H22N4O2/c1-8(10(12)13-17)11(16)15(3)9-4-6-14(2)7-5-9/h8-9,17H,4-7H2,1-3H3,(H2,12,13). The van der Waals surface area contributed by atoms with Crippen LogP contribution in [0, 0.1) is 5.92 Å². The van der Waals surface area contributed by atoms with Crippen LogP contribution >= 0.6 is 0 Å². The second-order valence-electron chi connectivity index (χ2n) is 4.73. The van der Waals surface area contributed by atoms with Gasteiger partial charge in [-0.15, -0.1) is 0 Å². The molecular formula is C11H22N4O2. The first-order chi connectivity index (χ1) is 7.97. The molecule has 6 heteroatoms.